The van der Waals surface area contributed by atoms with E-state index < -0.39 is 0 Å². The number of phenolic OH excluding ortho intramolecular Hbond substituents is 1. The Morgan fingerprint density at radius 2 is 2.24 bits per heavy atom. The van der Waals surface area contributed by atoms with Crippen molar-refractivity contribution < 1.29 is 9.84 Å². The Morgan fingerprint density at radius 1 is 1.36 bits per heavy atom. The predicted molar refractivity (Wildman–Crippen MR) is 102 cm³/mol. The molecule has 1 aromatic rings. The third-order valence-electron chi connectivity index (χ3n) is 5.95. The zero-order valence-corrected chi connectivity index (χ0v) is 15.0. The van der Waals surface area contributed by atoms with Gasteiger partial charge in [-0.1, -0.05) is 18.2 Å². The number of aromatic hydroxyl groups is 1. The minimum Gasteiger partial charge on any atom is -0.504 e. The van der Waals surface area contributed by atoms with E-state index in [1.165, 1.54) is 26.4 Å². The van der Waals surface area contributed by atoms with Crippen LogP contribution in [-0.4, -0.2) is 29.6 Å². The van der Waals surface area contributed by atoms with Crippen molar-refractivity contribution in [3.05, 3.63) is 35.9 Å². The van der Waals surface area contributed by atoms with E-state index >= 15 is 0 Å². The monoisotopic (exact) mass is 357 g/mol. The van der Waals surface area contributed by atoms with Gasteiger partial charge < -0.3 is 15.2 Å². The first-order valence-corrected chi connectivity index (χ1v) is 9.20. The molecule has 0 heterocycles. The van der Waals surface area contributed by atoms with Gasteiger partial charge in [0.1, 0.15) is 0 Å². The van der Waals surface area contributed by atoms with E-state index in [2.05, 4.69) is 28.0 Å². The molecule has 0 radical (unpaired) electrons. The lowest BCUT2D eigenvalue weighted by atomic mass is 9.79. The second-order valence-corrected chi connectivity index (χ2v) is 7.56. The summed E-state index contributed by atoms with van der Waals surface area (Å²) < 4.78 is 5.09. The molecule has 5 nitrogen and oxygen atoms in total. The molecule has 0 spiro atoms. The van der Waals surface area contributed by atoms with Gasteiger partial charge in [0.05, 0.1) is 13.3 Å². The van der Waals surface area contributed by atoms with Crippen LogP contribution in [0.25, 0.3) is 0 Å². The fraction of sp³-hybridized carbons (Fsp3) is 0.474. The molecular weight excluding hydrogens is 334 g/mol. The lowest BCUT2D eigenvalue weighted by Gasteiger charge is -2.32. The Hall–Kier alpha value is -2.08. The molecule has 3 N–H and O–H groups in total. The SMILES string of the molecule is COc1cccc(/C=N\NC(=S)N[C@@H]2C[C@H]3C[C@H]2[C@H]2C=CC[C@H]32)c1O. The normalized spacial score (nSPS) is 32.1. The Bertz CT molecular complexity index is 733. The van der Waals surface area contributed by atoms with Crippen molar-refractivity contribution in [1.29, 1.82) is 0 Å². The van der Waals surface area contributed by atoms with Crippen LogP contribution in [-0.2, 0) is 0 Å². The van der Waals surface area contributed by atoms with Gasteiger partial charge in [-0.3, -0.25) is 5.43 Å². The summed E-state index contributed by atoms with van der Waals surface area (Å²) in [5.74, 6) is 3.63. The smallest absolute Gasteiger partial charge is 0.187 e. The van der Waals surface area contributed by atoms with E-state index in [-0.39, 0.29) is 5.75 Å². The summed E-state index contributed by atoms with van der Waals surface area (Å²) in [6.45, 7) is 0. The van der Waals surface area contributed by atoms with Crippen molar-refractivity contribution >= 4 is 23.5 Å². The number of hydrogen-bond acceptors (Lipinski definition) is 4. The van der Waals surface area contributed by atoms with Crippen molar-refractivity contribution in [2.75, 3.05) is 7.11 Å². The van der Waals surface area contributed by atoms with Crippen LogP contribution >= 0.6 is 12.2 Å². The first-order valence-electron chi connectivity index (χ1n) is 8.79. The molecule has 25 heavy (non-hydrogen) atoms. The maximum Gasteiger partial charge on any atom is 0.187 e. The highest BCUT2D eigenvalue weighted by Crippen LogP contribution is 2.56. The van der Waals surface area contributed by atoms with Gasteiger partial charge in [-0.15, -0.1) is 0 Å². The van der Waals surface area contributed by atoms with Gasteiger partial charge in [-0.25, -0.2) is 0 Å². The lowest BCUT2D eigenvalue weighted by molar-refractivity contribution is 0.246. The minimum atomic E-state index is 0.0709. The number of hydrazone groups is 1. The van der Waals surface area contributed by atoms with Gasteiger partial charge >= 0.3 is 0 Å². The topological polar surface area (TPSA) is 65.9 Å². The summed E-state index contributed by atoms with van der Waals surface area (Å²) in [6, 6.07) is 5.71. The number of fused-ring (bicyclic) bond motifs is 5. The van der Waals surface area contributed by atoms with E-state index in [0.717, 1.165) is 17.8 Å². The number of nitrogens with zero attached hydrogens (tertiary/aromatic N) is 1. The number of methoxy groups -OCH3 is 1. The predicted octanol–water partition coefficient (Wildman–Crippen LogP) is 2.80. The van der Waals surface area contributed by atoms with Gasteiger partial charge in [0.2, 0.25) is 0 Å². The molecule has 6 heteroatoms. The van der Waals surface area contributed by atoms with E-state index in [1.54, 1.807) is 24.4 Å². The first-order chi connectivity index (χ1) is 12.2. The molecule has 2 saturated carbocycles. The van der Waals surface area contributed by atoms with Crippen molar-refractivity contribution in [1.82, 2.24) is 10.7 Å². The summed E-state index contributed by atoms with van der Waals surface area (Å²) in [5.41, 5.74) is 3.44. The number of nitrogens with one attached hydrogen (secondary N) is 2. The average Bonchev–Trinajstić information content (AvgIpc) is 3.29. The molecule has 0 saturated heterocycles. The zero-order chi connectivity index (χ0) is 17.4. The molecule has 0 aliphatic heterocycles. The lowest BCUT2D eigenvalue weighted by Crippen LogP contribution is -2.45. The summed E-state index contributed by atoms with van der Waals surface area (Å²) >= 11 is 5.38. The van der Waals surface area contributed by atoms with Crippen molar-refractivity contribution in [3.8, 4) is 11.5 Å². The van der Waals surface area contributed by atoms with Crippen molar-refractivity contribution in [3.63, 3.8) is 0 Å². The van der Waals surface area contributed by atoms with Gasteiger partial charge in [0.15, 0.2) is 16.6 Å². The quantitative estimate of drug-likeness (QED) is 0.335. The number of allylic oxidation sites excluding steroid dienone is 2. The highest BCUT2D eigenvalue weighted by molar-refractivity contribution is 7.80. The Kier molecular flexibility index (Phi) is 4.37. The number of rotatable bonds is 4. The summed E-state index contributed by atoms with van der Waals surface area (Å²) in [6.07, 6.45) is 10.1. The molecule has 5 atom stereocenters. The number of para-hydroxylation sites is 1. The Labute approximate surface area is 153 Å². The van der Waals surface area contributed by atoms with Crippen LogP contribution in [0, 0.1) is 23.7 Å². The summed E-state index contributed by atoms with van der Waals surface area (Å²) in [4.78, 5) is 0. The van der Waals surface area contributed by atoms with Crippen molar-refractivity contribution in [2.45, 2.75) is 25.3 Å². The van der Waals surface area contributed by atoms with Crippen LogP contribution < -0.4 is 15.5 Å². The van der Waals surface area contributed by atoms with E-state index in [4.69, 9.17) is 17.0 Å². The number of thiocarbonyl (C=S) groups is 1. The molecular formula is C19H23N3O2S. The average molecular weight is 357 g/mol. The van der Waals surface area contributed by atoms with E-state index in [0.29, 0.717) is 28.4 Å². The Balaban J connectivity index is 1.32. The fourth-order valence-corrected chi connectivity index (χ4v) is 5.08. The second-order valence-electron chi connectivity index (χ2n) is 7.15. The number of hydrogen-bond donors (Lipinski definition) is 3. The number of benzene rings is 1. The van der Waals surface area contributed by atoms with Crippen molar-refractivity contribution in [2.24, 2.45) is 28.8 Å². The molecule has 0 aromatic heterocycles. The zero-order valence-electron chi connectivity index (χ0n) is 14.2. The molecule has 0 unspecified atom stereocenters. The minimum absolute atomic E-state index is 0.0709. The van der Waals surface area contributed by atoms with Crippen LogP contribution in [0.1, 0.15) is 24.8 Å². The Morgan fingerprint density at radius 3 is 3.08 bits per heavy atom. The van der Waals surface area contributed by atoms with Crippen LogP contribution in [0.5, 0.6) is 11.5 Å². The molecule has 3 aliphatic rings. The first kappa shape index (κ1) is 16.4. The largest absolute Gasteiger partial charge is 0.504 e. The highest BCUT2D eigenvalue weighted by atomic mass is 32.1. The standard InChI is InChI=1S/C19H23N3O2S/c1-24-17-7-2-4-11(18(17)23)10-20-22-19(25)21-16-9-12-8-15(16)14-6-3-5-13(12)14/h2-4,6-7,10,12-16,23H,5,8-9H2,1H3,(H2,21,22,25)/b20-10-/t12-,13-,14+,15+,16-/m1/s1. The summed E-state index contributed by atoms with van der Waals surface area (Å²) in [5, 5.41) is 18.2. The van der Waals surface area contributed by atoms with Crippen LogP contribution in [0.3, 0.4) is 0 Å². The van der Waals surface area contributed by atoms with E-state index in [1.807, 2.05) is 0 Å². The summed E-state index contributed by atoms with van der Waals surface area (Å²) in [7, 11) is 1.52. The number of ether oxygens (including phenoxy) is 1. The third kappa shape index (κ3) is 2.99. The van der Waals surface area contributed by atoms with Gasteiger partial charge in [-0.05, 0) is 67.3 Å². The second kappa shape index (κ2) is 6.67. The molecule has 0 amide bonds. The maximum absolute atomic E-state index is 10.0. The number of phenols is 1. The molecule has 132 valence electrons. The molecule has 2 bridgehead atoms. The van der Waals surface area contributed by atoms with Gasteiger partial charge in [0, 0.05) is 11.6 Å². The van der Waals surface area contributed by atoms with Crippen LogP contribution in [0.2, 0.25) is 0 Å². The molecule has 2 fully saturated rings. The van der Waals surface area contributed by atoms with Crippen LogP contribution in [0.4, 0.5) is 0 Å². The third-order valence-corrected chi connectivity index (χ3v) is 6.15. The van der Waals surface area contributed by atoms with Gasteiger partial charge in [-0.2, -0.15) is 5.10 Å². The fourth-order valence-electron chi connectivity index (χ4n) is 4.88. The maximum atomic E-state index is 10.0. The molecule has 3 aliphatic carbocycles. The van der Waals surface area contributed by atoms with E-state index in [9.17, 15) is 5.11 Å². The molecule has 1 aromatic carbocycles. The van der Waals surface area contributed by atoms with Gasteiger partial charge in [0.25, 0.3) is 0 Å². The van der Waals surface area contributed by atoms with Crippen LogP contribution in [0.15, 0.2) is 35.5 Å². The molecule has 4 rings (SSSR count). The highest BCUT2D eigenvalue weighted by Gasteiger charge is 2.52.